The minimum absolute atomic E-state index is 0.0448. The summed E-state index contributed by atoms with van der Waals surface area (Å²) in [6.07, 6.45) is 1.97. The number of halogens is 1. The quantitative estimate of drug-likeness (QED) is 0.808. The van der Waals surface area contributed by atoms with Crippen LogP contribution >= 0.6 is 0 Å². The van der Waals surface area contributed by atoms with Crippen LogP contribution in [0.15, 0.2) is 18.2 Å². The van der Waals surface area contributed by atoms with Gasteiger partial charge in [-0.1, -0.05) is 0 Å². The van der Waals surface area contributed by atoms with Crippen LogP contribution in [-0.4, -0.2) is 19.8 Å². The van der Waals surface area contributed by atoms with E-state index in [4.69, 9.17) is 14.7 Å². The van der Waals surface area contributed by atoms with Gasteiger partial charge in [-0.3, -0.25) is 0 Å². The van der Waals surface area contributed by atoms with E-state index >= 15 is 0 Å². The lowest BCUT2D eigenvalue weighted by molar-refractivity contribution is 0.0497. The molecule has 0 N–H and O–H groups in total. The fourth-order valence-electron chi connectivity index (χ4n) is 1.80. The second-order valence-corrected chi connectivity index (χ2v) is 4.12. The number of nitrogens with zero attached hydrogens (tertiary/aromatic N) is 1. The maximum absolute atomic E-state index is 13.3. The first-order valence-corrected chi connectivity index (χ1v) is 5.70. The second kappa shape index (κ2) is 5.65. The Morgan fingerprint density at radius 2 is 2.18 bits per heavy atom. The molecule has 1 aliphatic heterocycles. The summed E-state index contributed by atoms with van der Waals surface area (Å²) < 4.78 is 24.1. The molecule has 1 saturated heterocycles. The summed E-state index contributed by atoms with van der Waals surface area (Å²) >= 11 is 0. The van der Waals surface area contributed by atoms with Crippen molar-refractivity contribution in [1.82, 2.24) is 0 Å². The molecule has 0 aromatic heterocycles. The van der Waals surface area contributed by atoms with E-state index in [0.29, 0.717) is 18.3 Å². The van der Waals surface area contributed by atoms with Gasteiger partial charge in [-0.25, -0.2) is 4.39 Å². The largest absolute Gasteiger partial charge is 0.493 e. The molecule has 1 heterocycles. The first kappa shape index (κ1) is 11.9. The molecule has 2 rings (SSSR count). The molecule has 90 valence electrons. The Morgan fingerprint density at radius 3 is 2.82 bits per heavy atom. The highest BCUT2D eigenvalue weighted by Crippen LogP contribution is 2.19. The molecule has 0 bridgehead atoms. The zero-order valence-corrected chi connectivity index (χ0v) is 9.49. The maximum Gasteiger partial charge on any atom is 0.144 e. The topological polar surface area (TPSA) is 42.2 Å². The van der Waals surface area contributed by atoms with Crippen LogP contribution in [0.1, 0.15) is 18.4 Å². The third-order valence-corrected chi connectivity index (χ3v) is 2.89. The summed E-state index contributed by atoms with van der Waals surface area (Å²) in [7, 11) is 0. The van der Waals surface area contributed by atoms with Crippen LogP contribution in [0.25, 0.3) is 0 Å². The monoisotopic (exact) mass is 235 g/mol. The lowest BCUT2D eigenvalue weighted by atomic mass is 10.0. The second-order valence-electron chi connectivity index (χ2n) is 4.12. The Balaban J connectivity index is 1.90. The van der Waals surface area contributed by atoms with E-state index < -0.39 is 5.82 Å². The van der Waals surface area contributed by atoms with Crippen LogP contribution in [0.2, 0.25) is 0 Å². The van der Waals surface area contributed by atoms with Gasteiger partial charge in [0.05, 0.1) is 12.2 Å². The summed E-state index contributed by atoms with van der Waals surface area (Å²) in [5.74, 6) is 0.424. The minimum atomic E-state index is -0.531. The first-order valence-electron chi connectivity index (χ1n) is 5.70. The number of benzene rings is 1. The van der Waals surface area contributed by atoms with E-state index in [2.05, 4.69) is 0 Å². The summed E-state index contributed by atoms with van der Waals surface area (Å²) in [6.45, 7) is 2.13. The molecule has 0 atom stereocenters. The average Bonchev–Trinajstić information content (AvgIpc) is 2.38. The fourth-order valence-corrected chi connectivity index (χ4v) is 1.80. The molecule has 0 saturated carbocycles. The minimum Gasteiger partial charge on any atom is -0.493 e. The molecule has 1 fully saturated rings. The highest BCUT2D eigenvalue weighted by atomic mass is 19.1. The van der Waals surface area contributed by atoms with Crippen LogP contribution in [-0.2, 0) is 4.74 Å². The molecule has 1 aliphatic rings. The highest BCUT2D eigenvalue weighted by Gasteiger charge is 2.14. The smallest absolute Gasteiger partial charge is 0.144 e. The van der Waals surface area contributed by atoms with E-state index in [1.165, 1.54) is 12.1 Å². The molecule has 1 aromatic carbocycles. The van der Waals surface area contributed by atoms with Gasteiger partial charge in [-0.2, -0.15) is 5.26 Å². The molecular weight excluding hydrogens is 221 g/mol. The molecule has 0 amide bonds. The van der Waals surface area contributed by atoms with Crippen molar-refractivity contribution < 1.29 is 13.9 Å². The molecule has 1 aromatic rings. The van der Waals surface area contributed by atoms with Crippen molar-refractivity contribution in [3.05, 3.63) is 29.6 Å². The summed E-state index contributed by atoms with van der Waals surface area (Å²) in [4.78, 5) is 0. The SMILES string of the molecule is N#Cc1ccc(OCC2CCOCC2)cc1F. The Kier molecular flexibility index (Phi) is 3.94. The van der Waals surface area contributed by atoms with E-state index in [1.807, 2.05) is 0 Å². The third-order valence-electron chi connectivity index (χ3n) is 2.89. The van der Waals surface area contributed by atoms with E-state index in [9.17, 15) is 4.39 Å². The predicted molar refractivity (Wildman–Crippen MR) is 60.2 cm³/mol. The van der Waals surface area contributed by atoms with Gasteiger partial charge in [-0.15, -0.1) is 0 Å². The Hall–Kier alpha value is -1.60. The van der Waals surface area contributed by atoms with Gasteiger partial charge in [0.25, 0.3) is 0 Å². The standard InChI is InChI=1S/C13H14FNO2/c14-13-7-12(2-1-11(13)8-15)17-9-10-3-5-16-6-4-10/h1-2,7,10H,3-6,9H2. The normalized spacial score (nSPS) is 16.5. The number of hydrogen-bond donors (Lipinski definition) is 0. The van der Waals surface area contributed by atoms with Crippen LogP contribution < -0.4 is 4.74 Å². The third kappa shape index (κ3) is 3.18. The lowest BCUT2D eigenvalue weighted by Gasteiger charge is -2.22. The molecule has 0 unspecified atom stereocenters. The zero-order valence-electron chi connectivity index (χ0n) is 9.49. The van der Waals surface area contributed by atoms with Crippen molar-refractivity contribution in [2.75, 3.05) is 19.8 Å². The maximum atomic E-state index is 13.3. The highest BCUT2D eigenvalue weighted by molar-refractivity contribution is 5.36. The first-order chi connectivity index (χ1) is 8.29. The molecule has 17 heavy (non-hydrogen) atoms. The van der Waals surface area contributed by atoms with Crippen LogP contribution in [0, 0.1) is 23.1 Å². The van der Waals surface area contributed by atoms with Crippen molar-refractivity contribution in [3.63, 3.8) is 0 Å². The van der Waals surface area contributed by atoms with Gasteiger partial charge in [0, 0.05) is 19.3 Å². The van der Waals surface area contributed by atoms with Crippen molar-refractivity contribution in [2.45, 2.75) is 12.8 Å². The Bertz CT molecular complexity index is 422. The lowest BCUT2D eigenvalue weighted by Crippen LogP contribution is -2.21. The van der Waals surface area contributed by atoms with E-state index in [1.54, 1.807) is 12.1 Å². The van der Waals surface area contributed by atoms with Crippen molar-refractivity contribution in [3.8, 4) is 11.8 Å². The molecule has 0 spiro atoms. The molecule has 0 aliphatic carbocycles. The molecule has 4 heteroatoms. The number of hydrogen-bond acceptors (Lipinski definition) is 3. The van der Waals surface area contributed by atoms with Crippen LogP contribution in [0.3, 0.4) is 0 Å². The van der Waals surface area contributed by atoms with Gasteiger partial charge >= 0.3 is 0 Å². The van der Waals surface area contributed by atoms with Gasteiger partial charge < -0.3 is 9.47 Å². The number of rotatable bonds is 3. The molecular formula is C13H14FNO2. The van der Waals surface area contributed by atoms with E-state index in [0.717, 1.165) is 26.1 Å². The van der Waals surface area contributed by atoms with Crippen LogP contribution in [0.4, 0.5) is 4.39 Å². The van der Waals surface area contributed by atoms with Gasteiger partial charge in [0.15, 0.2) is 0 Å². The van der Waals surface area contributed by atoms with Crippen LogP contribution in [0.5, 0.6) is 5.75 Å². The van der Waals surface area contributed by atoms with Gasteiger partial charge in [0.1, 0.15) is 17.6 Å². The molecule has 0 radical (unpaired) electrons. The Labute approximate surface area is 99.8 Å². The fraction of sp³-hybridized carbons (Fsp3) is 0.462. The average molecular weight is 235 g/mol. The number of ether oxygens (including phenoxy) is 2. The van der Waals surface area contributed by atoms with Gasteiger partial charge in [0.2, 0.25) is 0 Å². The predicted octanol–water partition coefficient (Wildman–Crippen LogP) is 2.50. The Morgan fingerprint density at radius 1 is 1.41 bits per heavy atom. The summed E-state index contributed by atoms with van der Waals surface area (Å²) in [5.41, 5.74) is 0.0448. The van der Waals surface area contributed by atoms with E-state index in [-0.39, 0.29) is 5.56 Å². The van der Waals surface area contributed by atoms with Crippen molar-refractivity contribution in [2.24, 2.45) is 5.92 Å². The summed E-state index contributed by atoms with van der Waals surface area (Å²) in [5, 5.41) is 8.60. The number of nitriles is 1. The molecule has 3 nitrogen and oxygen atoms in total. The summed E-state index contributed by atoms with van der Waals surface area (Å²) in [6, 6.07) is 6.11. The van der Waals surface area contributed by atoms with Gasteiger partial charge in [-0.05, 0) is 30.9 Å². The zero-order chi connectivity index (χ0) is 12.1. The van der Waals surface area contributed by atoms with Crippen molar-refractivity contribution in [1.29, 1.82) is 5.26 Å². The van der Waals surface area contributed by atoms with Crippen molar-refractivity contribution >= 4 is 0 Å².